The number of carbonyl (C=O) groups excluding carboxylic acids is 1. The molecule has 1 aromatic carbocycles. The van der Waals surface area contributed by atoms with Gasteiger partial charge in [0.2, 0.25) is 5.91 Å². The molecule has 17 heavy (non-hydrogen) atoms. The molecule has 0 bridgehead atoms. The maximum absolute atomic E-state index is 12.0. The van der Waals surface area contributed by atoms with E-state index in [0.717, 1.165) is 7.05 Å². The van der Waals surface area contributed by atoms with Gasteiger partial charge in [-0.05, 0) is 12.1 Å². The van der Waals surface area contributed by atoms with Crippen LogP contribution < -0.4 is 5.32 Å². The van der Waals surface area contributed by atoms with Crippen LogP contribution in [0.15, 0.2) is 30.3 Å². The van der Waals surface area contributed by atoms with Crippen molar-refractivity contribution < 1.29 is 18.0 Å². The summed E-state index contributed by atoms with van der Waals surface area (Å²) in [4.78, 5) is 12.0. The molecular weight excluding hydrogens is 233 g/mol. The highest BCUT2D eigenvalue weighted by atomic mass is 19.4. The summed E-state index contributed by atoms with van der Waals surface area (Å²) in [6, 6.07) is 8.81. The molecule has 3 nitrogen and oxygen atoms in total. The highest BCUT2D eigenvalue weighted by Crippen LogP contribution is 2.15. The third-order valence-corrected chi connectivity index (χ3v) is 2.06. The minimum Gasteiger partial charge on any atom is -0.376 e. The molecule has 0 saturated heterocycles. The van der Waals surface area contributed by atoms with E-state index in [4.69, 9.17) is 0 Å². The van der Waals surface area contributed by atoms with Crippen LogP contribution in [0.5, 0.6) is 0 Å². The second-order valence-corrected chi connectivity index (χ2v) is 3.58. The van der Waals surface area contributed by atoms with E-state index in [-0.39, 0.29) is 6.54 Å². The maximum Gasteiger partial charge on any atom is 0.406 e. The average molecular weight is 246 g/mol. The molecule has 0 heterocycles. The number of rotatable bonds is 4. The molecule has 0 saturated carbocycles. The van der Waals surface area contributed by atoms with Crippen molar-refractivity contribution in [3.8, 4) is 0 Å². The van der Waals surface area contributed by atoms with Crippen LogP contribution in [0.3, 0.4) is 0 Å². The van der Waals surface area contributed by atoms with E-state index in [1.165, 1.54) is 0 Å². The van der Waals surface area contributed by atoms with Gasteiger partial charge in [-0.25, -0.2) is 0 Å². The van der Waals surface area contributed by atoms with Gasteiger partial charge in [-0.1, -0.05) is 18.2 Å². The number of amides is 1. The molecule has 1 aromatic rings. The van der Waals surface area contributed by atoms with Crippen molar-refractivity contribution in [2.45, 2.75) is 6.18 Å². The third-order valence-electron chi connectivity index (χ3n) is 2.06. The quantitative estimate of drug-likeness (QED) is 0.882. The summed E-state index contributed by atoms with van der Waals surface area (Å²) in [5, 5.41) is 2.75. The monoisotopic (exact) mass is 246 g/mol. The number of likely N-dealkylation sites (N-methyl/N-ethyl adjacent to an activating group) is 1. The SMILES string of the molecule is CN(CC(F)(F)F)C(=O)CNc1ccccc1. The Kier molecular flexibility index (Phi) is 4.37. The van der Waals surface area contributed by atoms with Crippen molar-refractivity contribution in [1.29, 1.82) is 0 Å². The molecule has 0 spiro atoms. The van der Waals surface area contributed by atoms with Crippen molar-refractivity contribution in [2.75, 3.05) is 25.5 Å². The summed E-state index contributed by atoms with van der Waals surface area (Å²) in [7, 11) is 1.13. The molecule has 1 amide bonds. The topological polar surface area (TPSA) is 32.3 Å². The van der Waals surface area contributed by atoms with Crippen LogP contribution in [-0.2, 0) is 4.79 Å². The molecule has 0 unspecified atom stereocenters. The van der Waals surface area contributed by atoms with Crippen LogP contribution in [0.25, 0.3) is 0 Å². The fraction of sp³-hybridized carbons (Fsp3) is 0.364. The molecule has 0 aliphatic carbocycles. The highest BCUT2D eigenvalue weighted by molar-refractivity contribution is 5.80. The normalized spacial score (nSPS) is 11.1. The lowest BCUT2D eigenvalue weighted by atomic mass is 10.3. The van der Waals surface area contributed by atoms with Gasteiger partial charge in [0.1, 0.15) is 6.54 Å². The summed E-state index contributed by atoms with van der Waals surface area (Å²) >= 11 is 0. The number of para-hydroxylation sites is 1. The highest BCUT2D eigenvalue weighted by Gasteiger charge is 2.30. The first-order valence-corrected chi connectivity index (χ1v) is 4.98. The van der Waals surface area contributed by atoms with Crippen molar-refractivity contribution in [1.82, 2.24) is 4.90 Å². The van der Waals surface area contributed by atoms with Gasteiger partial charge in [-0.3, -0.25) is 4.79 Å². The summed E-state index contributed by atoms with van der Waals surface area (Å²) < 4.78 is 36.0. The Hall–Kier alpha value is -1.72. The van der Waals surface area contributed by atoms with Crippen LogP contribution >= 0.6 is 0 Å². The van der Waals surface area contributed by atoms with Gasteiger partial charge >= 0.3 is 6.18 Å². The average Bonchev–Trinajstić information content (AvgIpc) is 2.25. The van der Waals surface area contributed by atoms with Crippen LogP contribution in [0.4, 0.5) is 18.9 Å². The second-order valence-electron chi connectivity index (χ2n) is 3.58. The smallest absolute Gasteiger partial charge is 0.376 e. The van der Waals surface area contributed by atoms with Gasteiger partial charge < -0.3 is 10.2 Å². The fourth-order valence-electron chi connectivity index (χ4n) is 1.23. The molecule has 0 aromatic heterocycles. The zero-order chi connectivity index (χ0) is 12.9. The summed E-state index contributed by atoms with van der Waals surface area (Å²) in [5.41, 5.74) is 0.696. The molecule has 0 fully saturated rings. The number of hydrogen-bond donors (Lipinski definition) is 1. The number of anilines is 1. The number of nitrogens with zero attached hydrogens (tertiary/aromatic N) is 1. The number of alkyl halides is 3. The molecule has 0 atom stereocenters. The predicted octanol–water partition coefficient (Wildman–Crippen LogP) is 2.12. The van der Waals surface area contributed by atoms with E-state index < -0.39 is 18.6 Å². The maximum atomic E-state index is 12.0. The van der Waals surface area contributed by atoms with Crippen molar-refractivity contribution in [3.63, 3.8) is 0 Å². The molecular formula is C11H13F3N2O. The van der Waals surface area contributed by atoms with E-state index in [9.17, 15) is 18.0 Å². The Balaban J connectivity index is 2.40. The van der Waals surface area contributed by atoms with E-state index in [1.807, 2.05) is 6.07 Å². The van der Waals surface area contributed by atoms with Crippen LogP contribution in [-0.4, -0.2) is 37.1 Å². The van der Waals surface area contributed by atoms with Gasteiger partial charge in [0.15, 0.2) is 0 Å². The Labute approximate surface area is 97.2 Å². The lowest BCUT2D eigenvalue weighted by Crippen LogP contribution is -2.38. The van der Waals surface area contributed by atoms with Crippen LogP contribution in [0.2, 0.25) is 0 Å². The first-order chi connectivity index (χ1) is 7.88. The zero-order valence-electron chi connectivity index (χ0n) is 9.29. The second kappa shape index (κ2) is 5.56. The minimum absolute atomic E-state index is 0.156. The Morgan fingerprint density at radius 1 is 1.29 bits per heavy atom. The lowest BCUT2D eigenvalue weighted by Gasteiger charge is -2.19. The number of hydrogen-bond acceptors (Lipinski definition) is 2. The van der Waals surface area contributed by atoms with Gasteiger partial charge in [-0.15, -0.1) is 0 Å². The van der Waals surface area contributed by atoms with Crippen molar-refractivity contribution in [3.05, 3.63) is 30.3 Å². The van der Waals surface area contributed by atoms with Crippen molar-refractivity contribution in [2.24, 2.45) is 0 Å². The molecule has 94 valence electrons. The fourth-order valence-corrected chi connectivity index (χ4v) is 1.23. The standard InChI is InChI=1S/C11H13F3N2O/c1-16(8-11(12,13)14)10(17)7-15-9-5-3-2-4-6-9/h2-6,15H,7-8H2,1H3. The molecule has 6 heteroatoms. The Morgan fingerprint density at radius 3 is 2.41 bits per heavy atom. The molecule has 0 radical (unpaired) electrons. The van der Waals surface area contributed by atoms with Gasteiger partial charge in [0.25, 0.3) is 0 Å². The van der Waals surface area contributed by atoms with E-state index in [0.29, 0.717) is 10.6 Å². The first-order valence-electron chi connectivity index (χ1n) is 4.98. The van der Waals surface area contributed by atoms with E-state index in [1.54, 1.807) is 24.3 Å². The zero-order valence-corrected chi connectivity index (χ0v) is 9.29. The summed E-state index contributed by atoms with van der Waals surface area (Å²) in [5.74, 6) is -0.605. The Bertz CT molecular complexity index is 365. The number of carbonyl (C=O) groups is 1. The third kappa shape index (κ3) is 5.24. The number of benzene rings is 1. The molecule has 1 N–H and O–H groups in total. The lowest BCUT2D eigenvalue weighted by molar-refractivity contribution is -0.157. The molecule has 0 aliphatic rings. The van der Waals surface area contributed by atoms with Crippen LogP contribution in [0, 0.1) is 0 Å². The van der Waals surface area contributed by atoms with Gasteiger partial charge in [-0.2, -0.15) is 13.2 Å². The first kappa shape index (κ1) is 13.3. The number of halogens is 3. The largest absolute Gasteiger partial charge is 0.406 e. The van der Waals surface area contributed by atoms with Gasteiger partial charge in [0.05, 0.1) is 6.54 Å². The molecule has 1 rings (SSSR count). The summed E-state index contributed by atoms with van der Waals surface area (Å²) in [6.07, 6.45) is -4.36. The number of nitrogens with one attached hydrogen (secondary N) is 1. The Morgan fingerprint density at radius 2 is 1.88 bits per heavy atom. The van der Waals surface area contributed by atoms with Crippen LogP contribution in [0.1, 0.15) is 0 Å². The van der Waals surface area contributed by atoms with Gasteiger partial charge in [0, 0.05) is 12.7 Å². The minimum atomic E-state index is -4.36. The molecule has 0 aliphatic heterocycles. The van der Waals surface area contributed by atoms with E-state index in [2.05, 4.69) is 5.32 Å². The summed E-state index contributed by atoms with van der Waals surface area (Å²) in [6.45, 7) is -1.39. The van der Waals surface area contributed by atoms with E-state index >= 15 is 0 Å². The predicted molar refractivity (Wildman–Crippen MR) is 58.6 cm³/mol. The van der Waals surface area contributed by atoms with Crippen molar-refractivity contribution >= 4 is 11.6 Å².